The Bertz CT molecular complexity index is 473. The minimum absolute atomic E-state index is 0.357. The Morgan fingerprint density at radius 1 is 1.24 bits per heavy atom. The molecule has 6 heteroatoms. The maximum atomic E-state index is 11.6. The van der Waals surface area contributed by atoms with Crippen molar-refractivity contribution in [1.29, 1.82) is 0 Å². The highest BCUT2D eigenvalue weighted by molar-refractivity contribution is 5.76. The van der Waals surface area contributed by atoms with Crippen molar-refractivity contribution in [2.75, 3.05) is 13.7 Å². The quantitative estimate of drug-likeness (QED) is 0.713. The lowest BCUT2D eigenvalue weighted by molar-refractivity contribution is -0.141. The number of carboxylic acid groups (broad SMARTS) is 1. The van der Waals surface area contributed by atoms with Crippen molar-refractivity contribution in [2.45, 2.75) is 26.3 Å². The number of nitrogens with one attached hydrogen (secondary N) is 2. The van der Waals surface area contributed by atoms with Gasteiger partial charge in [-0.1, -0.05) is 12.1 Å². The molecule has 0 fully saturated rings. The SMILES string of the molecule is COc1ccc(CCNC(=O)NC(C)C(C)C(=O)O)cc1. The Hall–Kier alpha value is -2.24. The molecule has 0 saturated heterocycles. The second kappa shape index (κ2) is 8.14. The van der Waals surface area contributed by atoms with Gasteiger partial charge in [0.2, 0.25) is 0 Å². The minimum atomic E-state index is -0.930. The summed E-state index contributed by atoms with van der Waals surface area (Å²) >= 11 is 0. The number of hydrogen-bond donors (Lipinski definition) is 3. The van der Waals surface area contributed by atoms with E-state index in [4.69, 9.17) is 9.84 Å². The van der Waals surface area contributed by atoms with Gasteiger partial charge in [0.05, 0.1) is 13.0 Å². The summed E-state index contributed by atoms with van der Waals surface area (Å²) < 4.78 is 5.07. The molecule has 0 saturated carbocycles. The minimum Gasteiger partial charge on any atom is -0.497 e. The molecule has 0 aliphatic rings. The second-order valence-electron chi connectivity index (χ2n) is 4.91. The van der Waals surface area contributed by atoms with Gasteiger partial charge in [0.1, 0.15) is 5.75 Å². The van der Waals surface area contributed by atoms with E-state index < -0.39 is 17.9 Å². The molecule has 3 N–H and O–H groups in total. The monoisotopic (exact) mass is 294 g/mol. The van der Waals surface area contributed by atoms with E-state index in [0.717, 1.165) is 11.3 Å². The average molecular weight is 294 g/mol. The van der Waals surface area contributed by atoms with Gasteiger partial charge in [0, 0.05) is 12.6 Å². The van der Waals surface area contributed by atoms with Crippen molar-refractivity contribution in [3.63, 3.8) is 0 Å². The van der Waals surface area contributed by atoms with E-state index in [1.807, 2.05) is 24.3 Å². The number of carbonyl (C=O) groups is 2. The van der Waals surface area contributed by atoms with Crippen LogP contribution in [-0.4, -0.2) is 36.8 Å². The van der Waals surface area contributed by atoms with Gasteiger partial charge in [-0.15, -0.1) is 0 Å². The predicted octanol–water partition coefficient (Wildman–Crippen LogP) is 1.65. The van der Waals surface area contributed by atoms with Gasteiger partial charge in [-0.3, -0.25) is 4.79 Å². The highest BCUT2D eigenvalue weighted by Gasteiger charge is 2.20. The van der Waals surface area contributed by atoms with Crippen LogP contribution in [0.4, 0.5) is 4.79 Å². The Morgan fingerprint density at radius 3 is 2.38 bits per heavy atom. The summed E-state index contributed by atoms with van der Waals surface area (Å²) in [6.07, 6.45) is 0.695. The van der Waals surface area contributed by atoms with Crippen LogP contribution in [0.1, 0.15) is 19.4 Å². The molecule has 0 aliphatic carbocycles. The summed E-state index contributed by atoms with van der Waals surface area (Å²) in [6.45, 7) is 3.71. The van der Waals surface area contributed by atoms with Crippen LogP contribution in [0, 0.1) is 5.92 Å². The third-order valence-electron chi connectivity index (χ3n) is 3.36. The molecular weight excluding hydrogens is 272 g/mol. The van der Waals surface area contributed by atoms with Crippen LogP contribution in [0.5, 0.6) is 5.75 Å². The number of hydrogen-bond acceptors (Lipinski definition) is 3. The summed E-state index contributed by atoms with van der Waals surface area (Å²) in [5.41, 5.74) is 1.09. The molecule has 21 heavy (non-hydrogen) atoms. The van der Waals surface area contributed by atoms with Crippen LogP contribution < -0.4 is 15.4 Å². The molecule has 1 aromatic carbocycles. The van der Waals surface area contributed by atoms with Gasteiger partial charge in [0.25, 0.3) is 0 Å². The zero-order chi connectivity index (χ0) is 15.8. The first kappa shape index (κ1) is 16.8. The third-order valence-corrected chi connectivity index (χ3v) is 3.36. The molecule has 2 atom stereocenters. The summed E-state index contributed by atoms with van der Waals surface area (Å²) in [5.74, 6) is -0.765. The van der Waals surface area contributed by atoms with E-state index in [9.17, 15) is 9.59 Å². The molecule has 2 unspecified atom stereocenters. The molecular formula is C15H22N2O4. The van der Waals surface area contributed by atoms with E-state index in [0.29, 0.717) is 13.0 Å². The highest BCUT2D eigenvalue weighted by Crippen LogP contribution is 2.11. The Balaban J connectivity index is 2.31. The van der Waals surface area contributed by atoms with Crippen molar-refractivity contribution < 1.29 is 19.4 Å². The summed E-state index contributed by atoms with van der Waals surface area (Å²) in [4.78, 5) is 22.4. The number of methoxy groups -OCH3 is 1. The first-order valence-electron chi connectivity index (χ1n) is 6.84. The molecule has 0 radical (unpaired) electrons. The zero-order valence-corrected chi connectivity index (χ0v) is 12.6. The maximum absolute atomic E-state index is 11.6. The molecule has 2 amide bonds. The summed E-state index contributed by atoms with van der Waals surface area (Å²) in [6, 6.07) is 6.83. The lowest BCUT2D eigenvalue weighted by Crippen LogP contribution is -2.45. The number of rotatable bonds is 7. The van der Waals surface area contributed by atoms with E-state index >= 15 is 0 Å². The standard InChI is InChI=1S/C15H22N2O4/c1-10(14(18)19)11(2)17-15(20)16-9-8-12-4-6-13(21-3)7-5-12/h4-7,10-11H,8-9H2,1-3H3,(H,18,19)(H2,16,17,20). The molecule has 1 rings (SSSR count). The molecule has 0 bridgehead atoms. The fourth-order valence-electron chi connectivity index (χ4n) is 1.71. The van der Waals surface area contributed by atoms with E-state index in [-0.39, 0.29) is 6.03 Å². The number of aliphatic carboxylic acids is 1. The van der Waals surface area contributed by atoms with Crippen molar-refractivity contribution >= 4 is 12.0 Å². The third kappa shape index (κ3) is 5.72. The number of amides is 2. The van der Waals surface area contributed by atoms with E-state index in [2.05, 4.69) is 10.6 Å². The van der Waals surface area contributed by atoms with Crippen LogP contribution in [0.2, 0.25) is 0 Å². The largest absolute Gasteiger partial charge is 0.497 e. The molecule has 0 aliphatic heterocycles. The Kier molecular flexibility index (Phi) is 6.52. The van der Waals surface area contributed by atoms with Crippen LogP contribution >= 0.6 is 0 Å². The molecule has 0 aromatic heterocycles. The highest BCUT2D eigenvalue weighted by atomic mass is 16.5. The van der Waals surface area contributed by atoms with Gasteiger partial charge in [-0.2, -0.15) is 0 Å². The van der Waals surface area contributed by atoms with Gasteiger partial charge in [0.15, 0.2) is 0 Å². The maximum Gasteiger partial charge on any atom is 0.315 e. The number of carbonyl (C=O) groups excluding carboxylic acids is 1. The molecule has 6 nitrogen and oxygen atoms in total. The lowest BCUT2D eigenvalue weighted by atomic mass is 10.0. The van der Waals surface area contributed by atoms with Crippen LogP contribution in [0.15, 0.2) is 24.3 Å². The first-order chi connectivity index (χ1) is 9.93. The van der Waals surface area contributed by atoms with E-state index in [1.165, 1.54) is 0 Å². The smallest absolute Gasteiger partial charge is 0.315 e. The number of urea groups is 1. The molecule has 1 aromatic rings. The van der Waals surface area contributed by atoms with Gasteiger partial charge in [-0.05, 0) is 38.0 Å². The van der Waals surface area contributed by atoms with Crippen LogP contribution in [0.25, 0.3) is 0 Å². The first-order valence-corrected chi connectivity index (χ1v) is 6.84. The normalized spacial score (nSPS) is 13.1. The number of ether oxygens (including phenoxy) is 1. The second-order valence-corrected chi connectivity index (χ2v) is 4.91. The Morgan fingerprint density at radius 2 is 1.86 bits per heavy atom. The number of benzene rings is 1. The van der Waals surface area contributed by atoms with Crippen LogP contribution in [0.3, 0.4) is 0 Å². The number of carboxylic acids is 1. The average Bonchev–Trinajstić information content (AvgIpc) is 2.46. The van der Waals surface area contributed by atoms with Crippen LogP contribution in [-0.2, 0) is 11.2 Å². The summed E-state index contributed by atoms with van der Waals surface area (Å²) in [7, 11) is 1.61. The molecule has 116 valence electrons. The summed E-state index contributed by atoms with van der Waals surface area (Å²) in [5, 5.41) is 14.2. The zero-order valence-electron chi connectivity index (χ0n) is 12.6. The topological polar surface area (TPSA) is 87.7 Å². The van der Waals surface area contributed by atoms with Gasteiger partial charge < -0.3 is 20.5 Å². The van der Waals surface area contributed by atoms with Crippen molar-refractivity contribution in [2.24, 2.45) is 5.92 Å². The predicted molar refractivity (Wildman–Crippen MR) is 79.5 cm³/mol. The fraction of sp³-hybridized carbons (Fsp3) is 0.467. The lowest BCUT2D eigenvalue weighted by Gasteiger charge is -2.18. The van der Waals surface area contributed by atoms with Gasteiger partial charge in [-0.25, -0.2) is 4.79 Å². The fourth-order valence-corrected chi connectivity index (χ4v) is 1.71. The molecule has 0 heterocycles. The van der Waals surface area contributed by atoms with Crippen molar-refractivity contribution in [3.05, 3.63) is 29.8 Å². The Labute approximate surface area is 124 Å². The van der Waals surface area contributed by atoms with Crippen molar-refractivity contribution in [1.82, 2.24) is 10.6 Å². The van der Waals surface area contributed by atoms with Gasteiger partial charge >= 0.3 is 12.0 Å². The van der Waals surface area contributed by atoms with E-state index in [1.54, 1.807) is 21.0 Å². The molecule has 0 spiro atoms. The van der Waals surface area contributed by atoms with Crippen molar-refractivity contribution in [3.8, 4) is 5.75 Å².